The van der Waals surface area contributed by atoms with Crippen LogP contribution in [-0.4, -0.2) is 46.3 Å². The molecule has 2 rings (SSSR count). The molecule has 1 saturated carbocycles. The Kier molecular flexibility index (Phi) is 10.1. The molecule has 0 heterocycles. The molecule has 2 aliphatic carbocycles. The molecule has 0 aromatic heterocycles. The van der Waals surface area contributed by atoms with E-state index in [9.17, 15) is 15.0 Å². The van der Waals surface area contributed by atoms with Crippen LogP contribution < -0.4 is 0 Å². The van der Waals surface area contributed by atoms with Crippen LogP contribution in [0.2, 0.25) is 0 Å². The molecule has 0 aromatic rings. The minimum absolute atomic E-state index is 0.0966. The van der Waals surface area contributed by atoms with Gasteiger partial charge in [0, 0.05) is 31.8 Å². The second-order valence-electron chi connectivity index (χ2n) is 8.99. The zero-order valence-electron chi connectivity index (χ0n) is 19.3. The summed E-state index contributed by atoms with van der Waals surface area (Å²) in [6.45, 7) is 9.47. The Morgan fingerprint density at radius 3 is 2.73 bits per heavy atom. The van der Waals surface area contributed by atoms with Crippen molar-refractivity contribution in [3.63, 3.8) is 0 Å². The van der Waals surface area contributed by atoms with Gasteiger partial charge in [0.05, 0.1) is 12.2 Å². The van der Waals surface area contributed by atoms with E-state index in [4.69, 9.17) is 0 Å². The Bertz CT molecular complexity index is 668. The Balaban J connectivity index is 1.79. The van der Waals surface area contributed by atoms with Gasteiger partial charge in [0.2, 0.25) is 5.91 Å². The first-order chi connectivity index (χ1) is 14.4. The summed E-state index contributed by atoms with van der Waals surface area (Å²) in [5.74, 6) is 7.28. The Morgan fingerprint density at radius 2 is 2.07 bits per heavy atom. The quantitative estimate of drug-likeness (QED) is 0.300. The lowest BCUT2D eigenvalue weighted by Crippen LogP contribution is -2.30. The van der Waals surface area contributed by atoms with Gasteiger partial charge in [0.1, 0.15) is 0 Å². The third kappa shape index (κ3) is 6.72. The number of hydrogen-bond acceptors (Lipinski definition) is 3. The van der Waals surface area contributed by atoms with Crippen LogP contribution in [0.25, 0.3) is 0 Å². The van der Waals surface area contributed by atoms with Crippen LogP contribution in [0.5, 0.6) is 0 Å². The van der Waals surface area contributed by atoms with E-state index in [1.807, 2.05) is 38.7 Å². The van der Waals surface area contributed by atoms with Crippen molar-refractivity contribution in [2.45, 2.75) is 84.8 Å². The van der Waals surface area contributed by atoms with Gasteiger partial charge < -0.3 is 15.1 Å². The van der Waals surface area contributed by atoms with Gasteiger partial charge in [-0.25, -0.2) is 0 Å². The van der Waals surface area contributed by atoms with Crippen LogP contribution in [0, 0.1) is 35.5 Å². The number of hydrogen-bond donors (Lipinski definition) is 2. The maximum absolute atomic E-state index is 12.1. The number of rotatable bonds is 11. The topological polar surface area (TPSA) is 60.8 Å². The summed E-state index contributed by atoms with van der Waals surface area (Å²) in [6, 6.07) is 0. The van der Waals surface area contributed by atoms with Crippen molar-refractivity contribution in [3.05, 3.63) is 23.8 Å². The number of carbonyl (C=O) groups is 1. The molecule has 4 heteroatoms. The van der Waals surface area contributed by atoms with Crippen molar-refractivity contribution in [2.75, 3.05) is 13.1 Å². The van der Waals surface area contributed by atoms with Gasteiger partial charge in [0.25, 0.3) is 0 Å². The van der Waals surface area contributed by atoms with Gasteiger partial charge in [0.15, 0.2) is 0 Å². The first-order valence-corrected chi connectivity index (χ1v) is 11.8. The van der Waals surface area contributed by atoms with Crippen molar-refractivity contribution in [1.29, 1.82) is 0 Å². The fourth-order valence-electron chi connectivity index (χ4n) is 4.97. The number of aliphatic hydroxyl groups excluding tert-OH is 2. The van der Waals surface area contributed by atoms with E-state index < -0.39 is 6.10 Å². The summed E-state index contributed by atoms with van der Waals surface area (Å²) in [5.41, 5.74) is 1.48. The summed E-state index contributed by atoms with van der Waals surface area (Å²) in [7, 11) is 0. The maximum Gasteiger partial charge on any atom is 0.222 e. The number of allylic oxidation sites excluding steroid dienone is 2. The predicted octanol–water partition coefficient (Wildman–Crippen LogP) is 4.33. The van der Waals surface area contributed by atoms with Crippen LogP contribution in [-0.2, 0) is 4.79 Å². The molecule has 0 unspecified atom stereocenters. The molecule has 0 bridgehead atoms. The molecule has 0 aromatic carbocycles. The first kappa shape index (κ1) is 24.7. The van der Waals surface area contributed by atoms with Crippen molar-refractivity contribution < 1.29 is 15.0 Å². The highest BCUT2D eigenvalue weighted by Crippen LogP contribution is 2.48. The summed E-state index contributed by atoms with van der Waals surface area (Å²) < 4.78 is 0. The van der Waals surface area contributed by atoms with E-state index in [0.717, 1.165) is 45.2 Å². The lowest BCUT2D eigenvalue weighted by Gasteiger charge is -2.20. The van der Waals surface area contributed by atoms with Crippen molar-refractivity contribution in [3.8, 4) is 11.8 Å². The van der Waals surface area contributed by atoms with Crippen molar-refractivity contribution >= 4 is 5.91 Å². The first-order valence-electron chi connectivity index (χ1n) is 11.8. The second kappa shape index (κ2) is 12.3. The molecule has 0 spiro atoms. The molecule has 168 valence electrons. The minimum Gasteiger partial charge on any atom is -0.392 e. The van der Waals surface area contributed by atoms with Crippen LogP contribution in [0.1, 0.15) is 72.6 Å². The maximum atomic E-state index is 12.1. The fourth-order valence-corrected chi connectivity index (χ4v) is 4.97. The van der Waals surface area contributed by atoms with Gasteiger partial charge in [-0.2, -0.15) is 0 Å². The Labute approximate surface area is 183 Å². The van der Waals surface area contributed by atoms with E-state index in [2.05, 4.69) is 24.0 Å². The van der Waals surface area contributed by atoms with Crippen molar-refractivity contribution in [2.24, 2.45) is 23.7 Å². The number of aliphatic hydroxyl groups is 2. The molecule has 2 aliphatic rings. The fraction of sp³-hybridized carbons (Fsp3) is 0.731. The van der Waals surface area contributed by atoms with E-state index in [1.165, 1.54) is 5.57 Å². The average Bonchev–Trinajstić information content (AvgIpc) is 3.24. The number of carbonyl (C=O) groups excluding carboxylic acids is 1. The smallest absolute Gasteiger partial charge is 0.222 e. The molecule has 1 amide bonds. The van der Waals surface area contributed by atoms with E-state index >= 15 is 0 Å². The third-order valence-electron chi connectivity index (χ3n) is 6.92. The highest BCUT2D eigenvalue weighted by atomic mass is 16.3. The van der Waals surface area contributed by atoms with Crippen LogP contribution in [0.15, 0.2) is 23.8 Å². The molecule has 0 saturated heterocycles. The molecule has 1 fully saturated rings. The lowest BCUT2D eigenvalue weighted by molar-refractivity contribution is -0.130. The molecule has 2 N–H and O–H groups in total. The molecule has 0 aliphatic heterocycles. The third-order valence-corrected chi connectivity index (χ3v) is 6.92. The van der Waals surface area contributed by atoms with Gasteiger partial charge in [-0.1, -0.05) is 30.7 Å². The molecular weight excluding hydrogens is 374 g/mol. The zero-order valence-corrected chi connectivity index (χ0v) is 19.3. The van der Waals surface area contributed by atoms with Gasteiger partial charge in [-0.05, 0) is 70.6 Å². The van der Waals surface area contributed by atoms with Crippen LogP contribution >= 0.6 is 0 Å². The standard InChI is InChI=1S/C26H41NO3/c1-5-8-11-19(4)24(28)15-14-22-23-17-20(16-21(23)18-25(22)29)12-9-10-13-26(30)27(6-2)7-3/h14-16,19,21-25,28-29H,6-7,9-13,17-18H2,1-4H3/b15-14+/t19-,21+,22-,23+,24-,25-/m1/s1. The SMILES string of the molecule is CC#CC[C@@H](C)[C@H](O)/C=C/[C@@H]1[C@H]2CC(CCCCC(=O)N(CC)CC)=C[C@H]2C[C@H]1O. The number of amides is 1. The Morgan fingerprint density at radius 1 is 1.33 bits per heavy atom. The number of nitrogens with zero attached hydrogens (tertiary/aromatic N) is 1. The number of unbranched alkanes of at least 4 members (excludes halogenated alkanes) is 1. The highest BCUT2D eigenvalue weighted by Gasteiger charge is 2.43. The summed E-state index contributed by atoms with van der Waals surface area (Å²) in [4.78, 5) is 14.0. The van der Waals surface area contributed by atoms with E-state index in [0.29, 0.717) is 24.7 Å². The summed E-state index contributed by atoms with van der Waals surface area (Å²) in [5, 5.41) is 20.9. The number of fused-ring (bicyclic) bond motifs is 1. The van der Waals surface area contributed by atoms with Gasteiger partial charge in [-0.15, -0.1) is 11.8 Å². The monoisotopic (exact) mass is 415 g/mol. The molecule has 30 heavy (non-hydrogen) atoms. The Hall–Kier alpha value is -1.57. The van der Waals surface area contributed by atoms with Crippen LogP contribution in [0.4, 0.5) is 0 Å². The normalized spacial score (nSPS) is 27.3. The minimum atomic E-state index is -0.519. The van der Waals surface area contributed by atoms with E-state index in [1.54, 1.807) is 0 Å². The van der Waals surface area contributed by atoms with Gasteiger partial charge >= 0.3 is 0 Å². The molecular formula is C26H41NO3. The summed E-state index contributed by atoms with van der Waals surface area (Å²) in [6.07, 6.45) is 11.7. The van der Waals surface area contributed by atoms with E-state index in [-0.39, 0.29) is 23.8 Å². The molecule has 4 nitrogen and oxygen atoms in total. The van der Waals surface area contributed by atoms with Crippen LogP contribution in [0.3, 0.4) is 0 Å². The average molecular weight is 416 g/mol. The predicted molar refractivity (Wildman–Crippen MR) is 123 cm³/mol. The zero-order chi connectivity index (χ0) is 22.1. The molecule has 0 radical (unpaired) electrons. The van der Waals surface area contributed by atoms with Gasteiger partial charge in [-0.3, -0.25) is 4.79 Å². The largest absolute Gasteiger partial charge is 0.392 e. The molecule has 6 atom stereocenters. The highest BCUT2D eigenvalue weighted by molar-refractivity contribution is 5.76. The summed E-state index contributed by atoms with van der Waals surface area (Å²) >= 11 is 0. The second-order valence-corrected chi connectivity index (χ2v) is 8.99. The lowest BCUT2D eigenvalue weighted by atomic mass is 9.88. The van der Waals surface area contributed by atoms with Crippen molar-refractivity contribution in [1.82, 2.24) is 4.90 Å².